The van der Waals surface area contributed by atoms with E-state index in [0.717, 1.165) is 0 Å². The van der Waals surface area contributed by atoms with Gasteiger partial charge in [0.1, 0.15) is 35.3 Å². The Morgan fingerprint density at radius 3 is 2.68 bits per heavy atom. The summed E-state index contributed by atoms with van der Waals surface area (Å²) in [5.41, 5.74) is 0.994. The predicted octanol–water partition coefficient (Wildman–Crippen LogP) is 2.54. The highest BCUT2D eigenvalue weighted by Crippen LogP contribution is 2.25. The summed E-state index contributed by atoms with van der Waals surface area (Å²) < 4.78 is 31.9. The van der Waals surface area contributed by atoms with Gasteiger partial charge in [0.2, 0.25) is 0 Å². The Morgan fingerprint density at radius 2 is 1.94 bits per heavy atom. The van der Waals surface area contributed by atoms with Gasteiger partial charge in [-0.1, -0.05) is 18.2 Å². The molecule has 4 rings (SSSR count). The molecule has 2 aromatic heterocycles. The number of pyridine rings is 1. The van der Waals surface area contributed by atoms with Crippen molar-refractivity contribution >= 4 is 5.97 Å². The van der Waals surface area contributed by atoms with Gasteiger partial charge in [0, 0.05) is 44.2 Å². The third kappa shape index (κ3) is 5.21. The van der Waals surface area contributed by atoms with Crippen LogP contribution in [0.15, 0.2) is 51.7 Å². The van der Waals surface area contributed by atoms with Crippen molar-refractivity contribution in [3.63, 3.8) is 0 Å². The van der Waals surface area contributed by atoms with E-state index >= 15 is 0 Å². The zero-order valence-electron chi connectivity index (χ0n) is 19.0. The van der Waals surface area contributed by atoms with E-state index < -0.39 is 5.97 Å². The molecule has 3 heterocycles. The van der Waals surface area contributed by atoms with E-state index in [4.69, 9.17) is 13.9 Å². The summed E-state index contributed by atoms with van der Waals surface area (Å²) in [4.78, 5) is 27.7. The van der Waals surface area contributed by atoms with Gasteiger partial charge in [-0.25, -0.2) is 9.18 Å². The number of aliphatic hydroxyl groups excluding tert-OH is 1. The number of carbonyl (C=O) groups is 1. The van der Waals surface area contributed by atoms with Crippen molar-refractivity contribution in [3.05, 3.63) is 87.0 Å². The summed E-state index contributed by atoms with van der Waals surface area (Å²) in [5.74, 6) is 0.439. The van der Waals surface area contributed by atoms with Crippen LogP contribution in [0, 0.1) is 5.82 Å². The van der Waals surface area contributed by atoms with Crippen LogP contribution >= 0.6 is 0 Å². The van der Waals surface area contributed by atoms with E-state index in [1.165, 1.54) is 19.2 Å². The summed E-state index contributed by atoms with van der Waals surface area (Å²) in [6.45, 7) is 2.01. The Morgan fingerprint density at radius 1 is 1.15 bits per heavy atom. The van der Waals surface area contributed by atoms with Gasteiger partial charge in [0.05, 0.1) is 20.3 Å². The van der Waals surface area contributed by atoms with Crippen molar-refractivity contribution in [2.45, 2.75) is 32.5 Å². The molecule has 0 spiro atoms. The maximum absolute atomic E-state index is 13.9. The molecule has 1 aliphatic heterocycles. The molecule has 1 aliphatic rings. The maximum Gasteiger partial charge on any atom is 0.343 e. The van der Waals surface area contributed by atoms with E-state index in [2.05, 4.69) is 4.90 Å². The fourth-order valence-corrected chi connectivity index (χ4v) is 4.17. The molecule has 180 valence electrons. The molecular formula is C25H27FN2O6. The zero-order valence-corrected chi connectivity index (χ0v) is 19.0. The summed E-state index contributed by atoms with van der Waals surface area (Å²) >= 11 is 0. The monoisotopic (exact) mass is 470 g/mol. The van der Waals surface area contributed by atoms with Crippen LogP contribution in [-0.4, -0.2) is 47.3 Å². The van der Waals surface area contributed by atoms with Crippen molar-refractivity contribution in [2.24, 2.45) is 0 Å². The third-order valence-corrected chi connectivity index (χ3v) is 5.91. The number of methoxy groups -OCH3 is 1. The Bertz CT molecular complexity index is 1220. The van der Waals surface area contributed by atoms with Crippen LogP contribution in [0.3, 0.4) is 0 Å². The van der Waals surface area contributed by atoms with Gasteiger partial charge in [-0.2, -0.15) is 0 Å². The van der Waals surface area contributed by atoms with Gasteiger partial charge < -0.3 is 23.6 Å². The average Bonchev–Trinajstić information content (AvgIpc) is 3.19. The van der Waals surface area contributed by atoms with Gasteiger partial charge in [-0.05, 0) is 23.8 Å². The highest BCUT2D eigenvalue weighted by molar-refractivity contribution is 5.93. The molecule has 0 bridgehead atoms. The zero-order chi connectivity index (χ0) is 24.1. The van der Waals surface area contributed by atoms with Crippen LogP contribution in [0.25, 0.3) is 0 Å². The second-order valence-electron chi connectivity index (χ2n) is 8.05. The number of halogens is 1. The number of hydrogen-bond acceptors (Lipinski definition) is 7. The highest BCUT2D eigenvalue weighted by atomic mass is 19.1. The standard InChI is InChI=1S/C25H27FN2O6/c1-32-25(31)24-21-8-10-27(15-18-6-7-19(16-29)34-18)11-12-28(21)23(30)14-22(24)33-13-9-17-4-2-3-5-20(17)26/h2-7,14,29H,8-13,15-16H2,1H3. The van der Waals surface area contributed by atoms with E-state index in [1.807, 2.05) is 6.07 Å². The summed E-state index contributed by atoms with van der Waals surface area (Å²) in [6.07, 6.45) is 0.718. The van der Waals surface area contributed by atoms with Crippen LogP contribution < -0.4 is 10.3 Å². The lowest BCUT2D eigenvalue weighted by molar-refractivity contribution is 0.0593. The van der Waals surface area contributed by atoms with Crippen LogP contribution in [-0.2, 0) is 37.3 Å². The summed E-state index contributed by atoms with van der Waals surface area (Å²) in [5, 5.41) is 9.20. The first-order valence-corrected chi connectivity index (χ1v) is 11.1. The minimum atomic E-state index is -0.586. The van der Waals surface area contributed by atoms with Crippen LogP contribution in [0.5, 0.6) is 5.75 Å². The number of benzene rings is 1. The maximum atomic E-state index is 13.9. The van der Waals surface area contributed by atoms with Gasteiger partial charge in [0.25, 0.3) is 5.56 Å². The topological polar surface area (TPSA) is 94.1 Å². The molecule has 9 heteroatoms. The second-order valence-corrected chi connectivity index (χ2v) is 8.05. The lowest BCUT2D eigenvalue weighted by Gasteiger charge is -2.17. The lowest BCUT2D eigenvalue weighted by Crippen LogP contribution is -2.29. The van der Waals surface area contributed by atoms with Gasteiger partial charge in [0.15, 0.2) is 0 Å². The quantitative estimate of drug-likeness (QED) is 0.506. The summed E-state index contributed by atoms with van der Waals surface area (Å²) in [6, 6.07) is 11.2. The molecule has 0 fully saturated rings. The van der Waals surface area contributed by atoms with Crippen LogP contribution in [0.1, 0.15) is 33.1 Å². The minimum Gasteiger partial charge on any atom is -0.492 e. The average molecular weight is 470 g/mol. The van der Waals surface area contributed by atoms with Crippen molar-refractivity contribution in [1.82, 2.24) is 9.47 Å². The molecule has 34 heavy (non-hydrogen) atoms. The number of furan rings is 1. The molecule has 1 aromatic carbocycles. The molecule has 0 saturated carbocycles. The first-order valence-electron chi connectivity index (χ1n) is 11.1. The largest absolute Gasteiger partial charge is 0.492 e. The minimum absolute atomic E-state index is 0.103. The van der Waals surface area contributed by atoms with Crippen LogP contribution in [0.4, 0.5) is 4.39 Å². The number of ether oxygens (including phenoxy) is 2. The predicted molar refractivity (Wildman–Crippen MR) is 121 cm³/mol. The molecule has 0 unspecified atom stereocenters. The van der Waals surface area contributed by atoms with E-state index in [-0.39, 0.29) is 35.9 Å². The third-order valence-electron chi connectivity index (χ3n) is 5.91. The Balaban J connectivity index is 1.55. The number of rotatable bonds is 8. The van der Waals surface area contributed by atoms with Gasteiger partial charge in [-0.3, -0.25) is 9.69 Å². The molecule has 0 amide bonds. The second kappa shape index (κ2) is 10.7. The Labute approximate surface area is 196 Å². The number of hydrogen-bond donors (Lipinski definition) is 1. The Kier molecular flexibility index (Phi) is 7.44. The number of fused-ring (bicyclic) bond motifs is 1. The molecule has 8 nitrogen and oxygen atoms in total. The first kappa shape index (κ1) is 23.7. The Hall–Kier alpha value is -3.43. The van der Waals surface area contributed by atoms with Crippen LogP contribution in [0.2, 0.25) is 0 Å². The fraction of sp³-hybridized carbons (Fsp3) is 0.360. The number of aliphatic hydroxyl groups is 1. The van der Waals surface area contributed by atoms with Gasteiger partial charge >= 0.3 is 5.97 Å². The fourth-order valence-electron chi connectivity index (χ4n) is 4.17. The molecule has 0 atom stereocenters. The lowest BCUT2D eigenvalue weighted by atomic mass is 10.1. The highest BCUT2D eigenvalue weighted by Gasteiger charge is 2.26. The normalized spacial score (nSPS) is 13.9. The van der Waals surface area contributed by atoms with Crippen molar-refractivity contribution < 1.29 is 28.2 Å². The van der Waals surface area contributed by atoms with E-state index in [9.17, 15) is 19.1 Å². The molecule has 1 N–H and O–H groups in total. The first-order chi connectivity index (χ1) is 16.5. The number of nitrogens with zero attached hydrogens (tertiary/aromatic N) is 2. The van der Waals surface area contributed by atoms with Crippen molar-refractivity contribution in [1.29, 1.82) is 0 Å². The SMILES string of the molecule is COC(=O)c1c(OCCc2ccccc2F)cc(=O)n2c1CCN(Cc1ccc(CO)o1)CC2. The number of aromatic nitrogens is 1. The van der Waals surface area contributed by atoms with E-state index in [1.54, 1.807) is 28.8 Å². The number of carbonyl (C=O) groups excluding carboxylic acids is 1. The van der Waals surface area contributed by atoms with Crippen molar-refractivity contribution in [2.75, 3.05) is 26.8 Å². The summed E-state index contributed by atoms with van der Waals surface area (Å²) in [7, 11) is 1.28. The molecule has 0 radical (unpaired) electrons. The molecule has 3 aromatic rings. The smallest absolute Gasteiger partial charge is 0.343 e. The molecule has 0 aliphatic carbocycles. The van der Waals surface area contributed by atoms with E-state index in [0.29, 0.717) is 61.8 Å². The molecule has 0 saturated heterocycles. The van der Waals surface area contributed by atoms with Crippen molar-refractivity contribution in [3.8, 4) is 5.75 Å². The molecular weight excluding hydrogens is 443 g/mol. The van der Waals surface area contributed by atoms with Gasteiger partial charge in [-0.15, -0.1) is 0 Å². The number of esters is 1.